The van der Waals surface area contributed by atoms with E-state index in [4.69, 9.17) is 5.11 Å². The molecule has 0 aliphatic heterocycles. The average Bonchev–Trinajstić information content (AvgIpc) is 2.59. The van der Waals surface area contributed by atoms with Gasteiger partial charge in [0.05, 0.1) is 10.2 Å². The maximum absolute atomic E-state index is 10.2. The smallest absolute Gasteiger partial charge is 0.328 e. The van der Waals surface area contributed by atoms with E-state index in [-0.39, 0.29) is 0 Å². The van der Waals surface area contributed by atoms with E-state index >= 15 is 0 Å². The third-order valence-electron chi connectivity index (χ3n) is 1.65. The SMILES string of the molecule is O=C(O)C=CSc1nc2ccccc2s1. The molecule has 3 nitrogen and oxygen atoms in total. The minimum atomic E-state index is -0.941. The summed E-state index contributed by atoms with van der Waals surface area (Å²) < 4.78 is 1.97. The van der Waals surface area contributed by atoms with E-state index in [0.29, 0.717) is 0 Å². The van der Waals surface area contributed by atoms with E-state index in [1.807, 2.05) is 24.3 Å². The highest BCUT2D eigenvalue weighted by Crippen LogP contribution is 2.29. The van der Waals surface area contributed by atoms with Crippen LogP contribution >= 0.6 is 23.1 Å². The lowest BCUT2D eigenvalue weighted by molar-refractivity contribution is -0.131. The van der Waals surface area contributed by atoms with Gasteiger partial charge in [-0.25, -0.2) is 9.78 Å². The molecule has 1 heterocycles. The summed E-state index contributed by atoms with van der Waals surface area (Å²) >= 11 is 2.88. The second kappa shape index (κ2) is 4.46. The van der Waals surface area contributed by atoms with E-state index in [1.54, 1.807) is 11.3 Å². The number of carbonyl (C=O) groups is 1. The van der Waals surface area contributed by atoms with Crippen LogP contribution in [0, 0.1) is 0 Å². The number of aromatic nitrogens is 1. The molecule has 0 fully saturated rings. The van der Waals surface area contributed by atoms with Gasteiger partial charge < -0.3 is 5.11 Å². The molecule has 0 radical (unpaired) electrons. The summed E-state index contributed by atoms with van der Waals surface area (Å²) in [5.41, 5.74) is 0.953. The predicted octanol–water partition coefficient (Wildman–Crippen LogP) is 2.99. The molecular weight excluding hydrogens is 230 g/mol. The lowest BCUT2D eigenvalue weighted by atomic mass is 10.3. The highest BCUT2D eigenvalue weighted by atomic mass is 32.2. The summed E-state index contributed by atoms with van der Waals surface area (Å²) in [6.45, 7) is 0. The van der Waals surface area contributed by atoms with Crippen LogP contribution in [0.2, 0.25) is 0 Å². The number of thioether (sulfide) groups is 1. The number of hydrogen-bond donors (Lipinski definition) is 1. The fourth-order valence-corrected chi connectivity index (χ4v) is 2.83. The first-order valence-electron chi connectivity index (χ1n) is 4.17. The van der Waals surface area contributed by atoms with Crippen molar-refractivity contribution in [3.63, 3.8) is 0 Å². The maximum atomic E-state index is 10.2. The number of thiazole rings is 1. The van der Waals surface area contributed by atoms with Crippen LogP contribution in [0.4, 0.5) is 0 Å². The second-order valence-electron chi connectivity index (χ2n) is 2.71. The number of fused-ring (bicyclic) bond motifs is 1. The lowest BCUT2D eigenvalue weighted by Crippen LogP contribution is -1.84. The van der Waals surface area contributed by atoms with Gasteiger partial charge >= 0.3 is 5.97 Å². The molecule has 0 aliphatic rings. The van der Waals surface area contributed by atoms with Gasteiger partial charge in [0, 0.05) is 6.08 Å². The Morgan fingerprint density at radius 1 is 1.47 bits per heavy atom. The van der Waals surface area contributed by atoms with Crippen molar-refractivity contribution < 1.29 is 9.90 Å². The topological polar surface area (TPSA) is 50.2 Å². The first kappa shape index (κ1) is 10.2. The minimum Gasteiger partial charge on any atom is -0.478 e. The van der Waals surface area contributed by atoms with E-state index in [2.05, 4.69) is 4.98 Å². The van der Waals surface area contributed by atoms with E-state index < -0.39 is 5.97 Å². The number of hydrogen-bond acceptors (Lipinski definition) is 4. The van der Waals surface area contributed by atoms with Crippen LogP contribution in [0.3, 0.4) is 0 Å². The van der Waals surface area contributed by atoms with Crippen molar-refractivity contribution in [3.8, 4) is 0 Å². The zero-order valence-corrected chi connectivity index (χ0v) is 9.22. The molecule has 1 N–H and O–H groups in total. The molecule has 0 unspecified atom stereocenters. The van der Waals surface area contributed by atoms with Crippen LogP contribution in [0.15, 0.2) is 40.1 Å². The zero-order valence-electron chi connectivity index (χ0n) is 7.58. The molecule has 76 valence electrons. The van der Waals surface area contributed by atoms with Crippen LogP contribution in [0.1, 0.15) is 0 Å². The molecule has 0 atom stereocenters. The average molecular weight is 237 g/mol. The molecule has 0 aliphatic carbocycles. The second-order valence-corrected chi connectivity index (χ2v) is 4.89. The van der Waals surface area contributed by atoms with Crippen molar-refractivity contribution in [1.29, 1.82) is 0 Å². The number of para-hydroxylation sites is 1. The molecule has 5 heteroatoms. The summed E-state index contributed by atoms with van der Waals surface area (Å²) in [5, 5.41) is 9.94. The van der Waals surface area contributed by atoms with E-state index in [1.165, 1.54) is 17.2 Å². The van der Waals surface area contributed by atoms with Crippen LogP contribution in [0.25, 0.3) is 10.2 Å². The van der Waals surface area contributed by atoms with E-state index in [0.717, 1.165) is 20.6 Å². The number of benzene rings is 1. The summed E-state index contributed by atoms with van der Waals surface area (Å²) in [4.78, 5) is 14.6. The molecule has 0 saturated heterocycles. The lowest BCUT2D eigenvalue weighted by Gasteiger charge is -1.83. The number of rotatable bonds is 3. The van der Waals surface area contributed by atoms with Crippen molar-refractivity contribution in [2.75, 3.05) is 0 Å². The van der Waals surface area contributed by atoms with Gasteiger partial charge in [0.2, 0.25) is 0 Å². The molecule has 2 aromatic rings. The van der Waals surface area contributed by atoms with Crippen molar-refractivity contribution >= 4 is 39.3 Å². The monoisotopic (exact) mass is 237 g/mol. The predicted molar refractivity (Wildman–Crippen MR) is 62.3 cm³/mol. The molecule has 0 spiro atoms. The largest absolute Gasteiger partial charge is 0.478 e. The normalized spacial score (nSPS) is 11.2. The first-order chi connectivity index (χ1) is 7.25. The Morgan fingerprint density at radius 3 is 3.00 bits per heavy atom. The van der Waals surface area contributed by atoms with Gasteiger partial charge in [-0.05, 0) is 17.5 Å². The molecule has 1 aromatic carbocycles. The summed E-state index contributed by atoms with van der Waals surface area (Å²) in [7, 11) is 0. The van der Waals surface area contributed by atoms with Crippen molar-refractivity contribution in [2.24, 2.45) is 0 Å². The quantitative estimate of drug-likeness (QED) is 0.658. The number of aliphatic carboxylic acids is 1. The third-order valence-corrected chi connectivity index (χ3v) is 3.59. The fourth-order valence-electron chi connectivity index (χ4n) is 1.05. The molecular formula is C10H7NO2S2. The van der Waals surface area contributed by atoms with Gasteiger partial charge in [-0.1, -0.05) is 23.9 Å². The van der Waals surface area contributed by atoms with E-state index in [9.17, 15) is 4.79 Å². The Labute approximate surface area is 94.5 Å². The third kappa shape index (κ3) is 2.57. The van der Waals surface area contributed by atoms with Crippen molar-refractivity contribution in [3.05, 3.63) is 35.7 Å². The Morgan fingerprint density at radius 2 is 2.27 bits per heavy atom. The fraction of sp³-hybridized carbons (Fsp3) is 0. The first-order valence-corrected chi connectivity index (χ1v) is 5.87. The number of nitrogens with zero attached hydrogens (tertiary/aromatic N) is 1. The van der Waals surface area contributed by atoms with Gasteiger partial charge in [0.15, 0.2) is 4.34 Å². The highest BCUT2D eigenvalue weighted by Gasteiger charge is 2.01. The van der Waals surface area contributed by atoms with Gasteiger partial charge in [0.25, 0.3) is 0 Å². The maximum Gasteiger partial charge on any atom is 0.328 e. The Balaban J connectivity index is 2.19. The summed E-state index contributed by atoms with van der Waals surface area (Å²) in [5.74, 6) is -0.941. The Hall–Kier alpha value is -1.33. The highest BCUT2D eigenvalue weighted by molar-refractivity contribution is 8.03. The summed E-state index contributed by atoms with van der Waals surface area (Å²) in [6, 6.07) is 7.83. The van der Waals surface area contributed by atoms with Gasteiger partial charge in [-0.2, -0.15) is 0 Å². The van der Waals surface area contributed by atoms with Gasteiger partial charge in [-0.3, -0.25) is 0 Å². The zero-order chi connectivity index (χ0) is 10.7. The molecule has 2 rings (SSSR count). The molecule has 15 heavy (non-hydrogen) atoms. The van der Waals surface area contributed by atoms with Crippen molar-refractivity contribution in [2.45, 2.75) is 4.34 Å². The van der Waals surface area contributed by atoms with Crippen LogP contribution < -0.4 is 0 Å². The van der Waals surface area contributed by atoms with Gasteiger partial charge in [-0.15, -0.1) is 11.3 Å². The number of carboxylic acids is 1. The Bertz CT molecular complexity index is 486. The van der Waals surface area contributed by atoms with Crippen LogP contribution in [0.5, 0.6) is 0 Å². The molecule has 0 amide bonds. The standard InChI is InChI=1S/C10H7NO2S2/c12-9(13)5-6-14-10-11-7-3-1-2-4-8(7)15-10/h1-6H,(H,12,13). The van der Waals surface area contributed by atoms with Gasteiger partial charge in [0.1, 0.15) is 0 Å². The molecule has 0 bridgehead atoms. The van der Waals surface area contributed by atoms with Crippen LogP contribution in [-0.4, -0.2) is 16.1 Å². The van der Waals surface area contributed by atoms with Crippen molar-refractivity contribution in [1.82, 2.24) is 4.98 Å². The summed E-state index contributed by atoms with van der Waals surface area (Å²) in [6.07, 6.45) is 1.11. The molecule has 0 saturated carbocycles. The minimum absolute atomic E-state index is 0.855. The number of carboxylic acid groups (broad SMARTS) is 1. The Kier molecular flexibility index (Phi) is 3.03. The van der Waals surface area contributed by atoms with Crippen LogP contribution in [-0.2, 0) is 4.79 Å². The molecule has 1 aromatic heterocycles.